The summed E-state index contributed by atoms with van der Waals surface area (Å²) in [7, 11) is 0. The average molecular weight is 269 g/mol. The van der Waals surface area contributed by atoms with Crippen molar-refractivity contribution < 1.29 is 0 Å². The molecular weight excluding hydrogens is 256 g/mol. The minimum atomic E-state index is 0.953. The van der Waals surface area contributed by atoms with Gasteiger partial charge in [-0.1, -0.05) is 40.5 Å². The van der Waals surface area contributed by atoms with E-state index in [0.717, 1.165) is 11.8 Å². The smallest absolute Gasteiger partial charge is 0.0386 e. The normalized spacial score (nSPS) is 11.1. The van der Waals surface area contributed by atoms with Crippen LogP contribution in [0.25, 0.3) is 10.1 Å². The van der Waals surface area contributed by atoms with Crippen LogP contribution in [-0.4, -0.2) is 0 Å². The van der Waals surface area contributed by atoms with Crippen molar-refractivity contribution in [2.75, 3.05) is 0 Å². The lowest BCUT2D eigenvalue weighted by Crippen LogP contribution is -1.83. The van der Waals surface area contributed by atoms with E-state index < -0.39 is 0 Å². The van der Waals surface area contributed by atoms with Crippen LogP contribution < -0.4 is 0 Å². The van der Waals surface area contributed by atoms with Gasteiger partial charge in [-0.2, -0.15) is 0 Å². The molecule has 0 saturated carbocycles. The molecule has 14 heavy (non-hydrogen) atoms. The monoisotopic (exact) mass is 268 g/mol. The highest BCUT2D eigenvalue weighted by molar-refractivity contribution is 9.08. The second-order valence-corrected chi connectivity index (χ2v) is 4.99. The molecule has 74 valence electrons. The molecule has 0 nitrogen and oxygen atoms in total. The molecule has 2 heteroatoms. The van der Waals surface area contributed by atoms with Gasteiger partial charge >= 0.3 is 0 Å². The van der Waals surface area contributed by atoms with Crippen LogP contribution in [-0.2, 0) is 11.8 Å². The number of rotatable bonds is 2. The van der Waals surface area contributed by atoms with Gasteiger partial charge in [0.05, 0.1) is 0 Å². The fraction of sp³-hybridized carbons (Fsp3) is 0.333. The highest BCUT2D eigenvalue weighted by atomic mass is 79.9. The average Bonchev–Trinajstić information content (AvgIpc) is 2.59. The fourth-order valence-electron chi connectivity index (χ4n) is 1.79. The zero-order valence-electron chi connectivity index (χ0n) is 8.43. The van der Waals surface area contributed by atoms with E-state index in [1.165, 1.54) is 26.8 Å². The molecule has 0 bridgehead atoms. The van der Waals surface area contributed by atoms with Crippen LogP contribution in [0.3, 0.4) is 0 Å². The molecule has 0 atom stereocenters. The highest BCUT2D eigenvalue weighted by Crippen LogP contribution is 2.31. The summed E-state index contributed by atoms with van der Waals surface area (Å²) in [6.07, 6.45) is 1.13. The quantitative estimate of drug-likeness (QED) is 0.695. The van der Waals surface area contributed by atoms with Gasteiger partial charge in [-0.25, -0.2) is 0 Å². The molecule has 0 aliphatic carbocycles. The molecule has 0 N–H and O–H groups in total. The van der Waals surface area contributed by atoms with Gasteiger partial charge in [-0.3, -0.25) is 0 Å². The number of benzene rings is 1. The van der Waals surface area contributed by atoms with Crippen molar-refractivity contribution in [2.45, 2.75) is 25.6 Å². The van der Waals surface area contributed by atoms with Crippen molar-refractivity contribution in [1.82, 2.24) is 0 Å². The van der Waals surface area contributed by atoms with Gasteiger partial charge in [0.2, 0.25) is 0 Å². The van der Waals surface area contributed by atoms with Crippen molar-refractivity contribution in [1.29, 1.82) is 0 Å². The Morgan fingerprint density at radius 2 is 2.07 bits per heavy atom. The molecule has 1 aromatic heterocycles. The molecule has 0 unspecified atom stereocenters. The molecule has 2 aromatic rings. The first-order chi connectivity index (χ1) is 6.76. The van der Waals surface area contributed by atoms with Crippen LogP contribution in [0.5, 0.6) is 0 Å². The number of thiophene rings is 1. The van der Waals surface area contributed by atoms with Crippen LogP contribution in [0.4, 0.5) is 0 Å². The number of fused-ring (bicyclic) bond motifs is 1. The van der Waals surface area contributed by atoms with E-state index in [2.05, 4.69) is 47.3 Å². The summed E-state index contributed by atoms with van der Waals surface area (Å²) in [5.74, 6) is 0. The first-order valence-corrected chi connectivity index (χ1v) is 6.82. The Kier molecular flexibility index (Phi) is 2.93. The maximum atomic E-state index is 3.55. The van der Waals surface area contributed by atoms with Crippen molar-refractivity contribution in [3.8, 4) is 0 Å². The molecular formula is C12H13BrS. The highest BCUT2D eigenvalue weighted by Gasteiger charge is 2.06. The van der Waals surface area contributed by atoms with Crippen molar-refractivity contribution >= 4 is 37.4 Å². The predicted molar refractivity (Wildman–Crippen MR) is 68.6 cm³/mol. The summed E-state index contributed by atoms with van der Waals surface area (Å²) >= 11 is 5.42. The van der Waals surface area contributed by atoms with E-state index in [9.17, 15) is 0 Å². The van der Waals surface area contributed by atoms with Gasteiger partial charge in [-0.05, 0) is 35.2 Å². The molecule has 0 spiro atoms. The first-order valence-electron chi connectivity index (χ1n) is 4.81. The molecule has 1 aromatic carbocycles. The third kappa shape index (κ3) is 1.61. The van der Waals surface area contributed by atoms with E-state index in [4.69, 9.17) is 0 Å². The van der Waals surface area contributed by atoms with Gasteiger partial charge in [0.25, 0.3) is 0 Å². The van der Waals surface area contributed by atoms with Crippen LogP contribution in [0.15, 0.2) is 17.5 Å². The number of hydrogen-bond acceptors (Lipinski definition) is 1. The maximum absolute atomic E-state index is 3.55. The minimum Gasteiger partial charge on any atom is -0.143 e. The van der Waals surface area contributed by atoms with E-state index in [-0.39, 0.29) is 0 Å². The Labute approximate surface area is 97.1 Å². The molecule has 0 radical (unpaired) electrons. The molecule has 2 rings (SSSR count). The van der Waals surface area contributed by atoms with Crippen LogP contribution in [0.2, 0.25) is 0 Å². The van der Waals surface area contributed by atoms with Crippen LogP contribution >= 0.6 is 27.3 Å². The van der Waals surface area contributed by atoms with E-state index >= 15 is 0 Å². The molecule has 0 aliphatic rings. The summed E-state index contributed by atoms with van der Waals surface area (Å²) < 4.78 is 1.45. The molecule has 0 fully saturated rings. The standard InChI is InChI=1S/C12H13BrS/c1-3-9-7-14-12-10(6-13)4-8(2)5-11(9)12/h4-5,7H,3,6H2,1-2H3. The Bertz CT molecular complexity index is 457. The zero-order valence-corrected chi connectivity index (χ0v) is 10.8. The summed E-state index contributed by atoms with van der Waals surface area (Å²) in [4.78, 5) is 0. The number of aryl methyl sites for hydroxylation is 2. The fourth-order valence-corrected chi connectivity index (χ4v) is 3.57. The SMILES string of the molecule is CCc1csc2c(CBr)cc(C)cc12. The first kappa shape index (κ1) is 10.2. The molecule has 0 amide bonds. The predicted octanol–water partition coefficient (Wildman–Crippen LogP) is 4.67. The van der Waals surface area contributed by atoms with Crippen molar-refractivity contribution in [3.05, 3.63) is 34.2 Å². The zero-order chi connectivity index (χ0) is 10.1. The van der Waals surface area contributed by atoms with Crippen LogP contribution in [0, 0.1) is 6.92 Å². The van der Waals surface area contributed by atoms with Gasteiger partial charge < -0.3 is 0 Å². The van der Waals surface area contributed by atoms with Gasteiger partial charge in [-0.15, -0.1) is 11.3 Å². The van der Waals surface area contributed by atoms with E-state index in [1.54, 1.807) is 0 Å². The lowest BCUT2D eigenvalue weighted by molar-refractivity contribution is 1.17. The van der Waals surface area contributed by atoms with Crippen molar-refractivity contribution in [3.63, 3.8) is 0 Å². The number of alkyl halides is 1. The third-order valence-corrected chi connectivity index (χ3v) is 4.22. The topological polar surface area (TPSA) is 0 Å². The van der Waals surface area contributed by atoms with Gasteiger partial charge in [0.15, 0.2) is 0 Å². The largest absolute Gasteiger partial charge is 0.143 e. The molecule has 0 aliphatic heterocycles. The maximum Gasteiger partial charge on any atom is 0.0386 e. The lowest BCUT2D eigenvalue weighted by atomic mass is 10.1. The van der Waals surface area contributed by atoms with Gasteiger partial charge in [0, 0.05) is 10.0 Å². The summed E-state index contributed by atoms with van der Waals surface area (Å²) in [5.41, 5.74) is 4.26. The summed E-state index contributed by atoms with van der Waals surface area (Å²) in [5, 5.41) is 4.69. The van der Waals surface area contributed by atoms with Crippen molar-refractivity contribution in [2.24, 2.45) is 0 Å². The minimum absolute atomic E-state index is 0.953. The second kappa shape index (κ2) is 4.03. The third-order valence-electron chi connectivity index (χ3n) is 2.50. The van der Waals surface area contributed by atoms with Crippen LogP contribution in [0.1, 0.15) is 23.6 Å². The second-order valence-electron chi connectivity index (χ2n) is 3.55. The Morgan fingerprint density at radius 3 is 2.71 bits per heavy atom. The molecule has 0 saturated heterocycles. The Balaban J connectivity index is 2.76. The Hall–Kier alpha value is -0.340. The summed E-state index contributed by atoms with van der Waals surface area (Å²) in [6.45, 7) is 4.39. The Morgan fingerprint density at radius 1 is 1.29 bits per heavy atom. The lowest BCUT2D eigenvalue weighted by Gasteiger charge is -2.02. The number of hydrogen-bond donors (Lipinski definition) is 0. The van der Waals surface area contributed by atoms with E-state index in [0.29, 0.717) is 0 Å². The number of halogens is 1. The van der Waals surface area contributed by atoms with Gasteiger partial charge in [0.1, 0.15) is 0 Å². The molecule has 1 heterocycles. The summed E-state index contributed by atoms with van der Waals surface area (Å²) in [6, 6.07) is 4.57. The van der Waals surface area contributed by atoms with E-state index in [1.807, 2.05) is 11.3 Å².